The van der Waals surface area contributed by atoms with Gasteiger partial charge in [-0.15, -0.1) is 0 Å². The molecule has 2 nitrogen and oxygen atoms in total. The Labute approximate surface area is 80.7 Å². The van der Waals surface area contributed by atoms with Gasteiger partial charge in [0.05, 0.1) is 6.61 Å². The third-order valence-electron chi connectivity index (χ3n) is 4.13. The molecule has 0 bridgehead atoms. The summed E-state index contributed by atoms with van der Waals surface area (Å²) in [6, 6.07) is 0. The number of aliphatic hydroxyl groups is 1. The zero-order valence-corrected chi connectivity index (χ0v) is 8.77. The minimum Gasteiger partial charge on any atom is -0.394 e. The molecule has 0 heterocycles. The van der Waals surface area contributed by atoms with Crippen LogP contribution in [0.15, 0.2) is 0 Å². The summed E-state index contributed by atoms with van der Waals surface area (Å²) in [7, 11) is 0. The lowest BCUT2D eigenvalue weighted by molar-refractivity contribution is 0.112. The van der Waals surface area contributed by atoms with Gasteiger partial charge >= 0.3 is 0 Å². The first-order chi connectivity index (χ1) is 6.10. The normalized spacial score (nSPS) is 29.8. The van der Waals surface area contributed by atoms with E-state index in [1.165, 1.54) is 25.7 Å². The van der Waals surface area contributed by atoms with E-state index in [4.69, 9.17) is 0 Å². The van der Waals surface area contributed by atoms with E-state index in [9.17, 15) is 5.11 Å². The van der Waals surface area contributed by atoms with Crippen molar-refractivity contribution in [1.29, 1.82) is 0 Å². The zero-order chi connectivity index (χ0) is 9.53. The fraction of sp³-hybridized carbons (Fsp3) is 1.00. The summed E-state index contributed by atoms with van der Waals surface area (Å²) in [4.78, 5) is 0. The van der Waals surface area contributed by atoms with Crippen LogP contribution >= 0.6 is 0 Å². The Hall–Kier alpha value is -0.0800. The molecule has 2 aliphatic rings. The highest BCUT2D eigenvalue weighted by Crippen LogP contribution is 2.53. The van der Waals surface area contributed by atoms with E-state index in [0.717, 1.165) is 12.5 Å². The van der Waals surface area contributed by atoms with Crippen LogP contribution in [0.5, 0.6) is 0 Å². The van der Waals surface area contributed by atoms with Crippen molar-refractivity contribution in [2.75, 3.05) is 13.2 Å². The van der Waals surface area contributed by atoms with Crippen LogP contribution in [0.2, 0.25) is 0 Å². The monoisotopic (exact) mass is 183 g/mol. The fourth-order valence-electron chi connectivity index (χ4n) is 1.89. The molecule has 2 rings (SSSR count). The summed E-state index contributed by atoms with van der Waals surface area (Å²) in [6.45, 7) is 5.83. The summed E-state index contributed by atoms with van der Waals surface area (Å²) in [5.74, 6) is 0.897. The second kappa shape index (κ2) is 2.96. The predicted octanol–water partition coefficient (Wildman–Crippen LogP) is 1.54. The molecule has 0 radical (unpaired) electrons. The van der Waals surface area contributed by atoms with Crippen LogP contribution in [-0.4, -0.2) is 23.8 Å². The summed E-state index contributed by atoms with van der Waals surface area (Å²) in [6.07, 6.45) is 5.29. The standard InChI is InChI=1S/C11H21NO/c1-10(5-6-10)11(2,8-13)12-7-9-3-4-9/h9,12-13H,3-8H2,1-2H3. The third-order valence-corrected chi connectivity index (χ3v) is 4.13. The van der Waals surface area contributed by atoms with Crippen molar-refractivity contribution in [2.45, 2.75) is 45.1 Å². The van der Waals surface area contributed by atoms with Crippen LogP contribution in [0.25, 0.3) is 0 Å². The minimum absolute atomic E-state index is 0.0322. The molecule has 1 unspecified atom stereocenters. The van der Waals surface area contributed by atoms with Crippen molar-refractivity contribution in [3.63, 3.8) is 0 Å². The van der Waals surface area contributed by atoms with Gasteiger partial charge in [-0.3, -0.25) is 0 Å². The molecule has 2 saturated carbocycles. The Morgan fingerprint density at radius 3 is 2.46 bits per heavy atom. The van der Waals surface area contributed by atoms with Crippen molar-refractivity contribution >= 4 is 0 Å². The average Bonchev–Trinajstić information content (AvgIpc) is 2.96. The summed E-state index contributed by atoms with van der Waals surface area (Å²) in [5.41, 5.74) is 0.326. The summed E-state index contributed by atoms with van der Waals surface area (Å²) >= 11 is 0. The molecule has 0 amide bonds. The maximum Gasteiger partial charge on any atom is 0.0615 e. The maximum atomic E-state index is 9.43. The van der Waals surface area contributed by atoms with Gasteiger partial charge in [0.25, 0.3) is 0 Å². The van der Waals surface area contributed by atoms with Gasteiger partial charge in [0.15, 0.2) is 0 Å². The molecular weight excluding hydrogens is 162 g/mol. The van der Waals surface area contributed by atoms with E-state index in [1.54, 1.807) is 0 Å². The molecule has 0 saturated heterocycles. The number of hydrogen-bond donors (Lipinski definition) is 2. The number of hydrogen-bond acceptors (Lipinski definition) is 2. The third kappa shape index (κ3) is 1.75. The lowest BCUT2D eigenvalue weighted by atomic mass is 9.84. The van der Waals surface area contributed by atoms with Gasteiger partial charge in [-0.05, 0) is 50.5 Å². The molecular formula is C11H21NO. The molecule has 2 N–H and O–H groups in total. The van der Waals surface area contributed by atoms with Crippen LogP contribution in [0.4, 0.5) is 0 Å². The number of aliphatic hydroxyl groups excluding tert-OH is 1. The zero-order valence-electron chi connectivity index (χ0n) is 8.77. The van der Waals surface area contributed by atoms with E-state index in [-0.39, 0.29) is 12.1 Å². The Balaban J connectivity index is 1.88. The van der Waals surface area contributed by atoms with Crippen LogP contribution in [-0.2, 0) is 0 Å². The van der Waals surface area contributed by atoms with Crippen LogP contribution in [0, 0.1) is 11.3 Å². The van der Waals surface area contributed by atoms with E-state index in [1.807, 2.05) is 0 Å². The van der Waals surface area contributed by atoms with Crippen molar-refractivity contribution < 1.29 is 5.11 Å². The van der Waals surface area contributed by atoms with Gasteiger partial charge in [-0.2, -0.15) is 0 Å². The first kappa shape index (κ1) is 9.47. The lowest BCUT2D eigenvalue weighted by Gasteiger charge is -2.35. The molecule has 0 spiro atoms. The molecule has 2 aliphatic carbocycles. The Bertz CT molecular complexity index is 196. The molecule has 0 aromatic rings. The molecule has 1 atom stereocenters. The average molecular weight is 183 g/mol. The van der Waals surface area contributed by atoms with Crippen LogP contribution < -0.4 is 5.32 Å². The van der Waals surface area contributed by atoms with Crippen molar-refractivity contribution in [3.05, 3.63) is 0 Å². The van der Waals surface area contributed by atoms with Gasteiger partial charge < -0.3 is 10.4 Å². The second-order valence-electron chi connectivity index (χ2n) is 5.38. The van der Waals surface area contributed by atoms with Gasteiger partial charge in [0.1, 0.15) is 0 Å². The first-order valence-corrected chi connectivity index (χ1v) is 5.46. The highest BCUT2D eigenvalue weighted by atomic mass is 16.3. The summed E-state index contributed by atoms with van der Waals surface area (Å²) < 4.78 is 0. The Kier molecular flexibility index (Phi) is 2.16. The lowest BCUT2D eigenvalue weighted by Crippen LogP contribution is -2.52. The van der Waals surface area contributed by atoms with Crippen molar-refractivity contribution in [1.82, 2.24) is 5.32 Å². The quantitative estimate of drug-likeness (QED) is 0.677. The van der Waals surface area contributed by atoms with E-state index < -0.39 is 0 Å². The predicted molar refractivity (Wildman–Crippen MR) is 53.6 cm³/mol. The molecule has 0 aliphatic heterocycles. The second-order valence-corrected chi connectivity index (χ2v) is 5.38. The van der Waals surface area contributed by atoms with E-state index >= 15 is 0 Å². The molecule has 2 heteroatoms. The maximum absolute atomic E-state index is 9.43. The molecule has 0 aromatic heterocycles. The highest BCUT2D eigenvalue weighted by Gasteiger charge is 2.52. The van der Waals surface area contributed by atoms with Crippen LogP contribution in [0.3, 0.4) is 0 Å². The van der Waals surface area contributed by atoms with Gasteiger partial charge in [0, 0.05) is 5.54 Å². The van der Waals surface area contributed by atoms with E-state index in [0.29, 0.717) is 5.41 Å². The van der Waals surface area contributed by atoms with Gasteiger partial charge in [-0.1, -0.05) is 6.92 Å². The SMILES string of the molecule is CC1(C(C)(CO)NCC2CC2)CC1. The molecule has 13 heavy (non-hydrogen) atoms. The molecule has 0 aromatic carbocycles. The minimum atomic E-state index is -0.0322. The largest absolute Gasteiger partial charge is 0.394 e. The fourth-order valence-corrected chi connectivity index (χ4v) is 1.89. The van der Waals surface area contributed by atoms with Crippen LogP contribution in [0.1, 0.15) is 39.5 Å². The highest BCUT2D eigenvalue weighted by molar-refractivity contribution is 5.08. The molecule has 76 valence electrons. The van der Waals surface area contributed by atoms with E-state index in [2.05, 4.69) is 19.2 Å². The van der Waals surface area contributed by atoms with Gasteiger partial charge in [-0.25, -0.2) is 0 Å². The van der Waals surface area contributed by atoms with Crippen molar-refractivity contribution in [2.24, 2.45) is 11.3 Å². The number of rotatable bonds is 5. The summed E-state index contributed by atoms with van der Waals surface area (Å²) in [5, 5.41) is 13.0. The van der Waals surface area contributed by atoms with Crippen molar-refractivity contribution in [3.8, 4) is 0 Å². The smallest absolute Gasteiger partial charge is 0.0615 e. The topological polar surface area (TPSA) is 32.3 Å². The Morgan fingerprint density at radius 1 is 1.46 bits per heavy atom. The van der Waals surface area contributed by atoms with Gasteiger partial charge in [0.2, 0.25) is 0 Å². The first-order valence-electron chi connectivity index (χ1n) is 5.46. The Morgan fingerprint density at radius 2 is 2.08 bits per heavy atom. The molecule has 2 fully saturated rings. The number of nitrogens with one attached hydrogen (secondary N) is 1.